The van der Waals surface area contributed by atoms with Crippen LogP contribution >= 0.6 is 0 Å². The van der Waals surface area contributed by atoms with Crippen molar-refractivity contribution in [1.82, 2.24) is 5.32 Å². The van der Waals surface area contributed by atoms with Gasteiger partial charge in [-0.25, -0.2) is 4.39 Å². The van der Waals surface area contributed by atoms with Gasteiger partial charge in [0.2, 0.25) is 11.8 Å². The molecule has 0 aromatic heterocycles. The third-order valence-corrected chi connectivity index (χ3v) is 5.79. The van der Waals surface area contributed by atoms with Crippen molar-refractivity contribution in [3.05, 3.63) is 84.2 Å². The molecule has 1 heterocycles. The number of methoxy groups -OCH3 is 1. The third kappa shape index (κ3) is 6.18. The fourth-order valence-corrected chi connectivity index (χ4v) is 3.91. The molecule has 0 spiro atoms. The summed E-state index contributed by atoms with van der Waals surface area (Å²) in [7, 11) is 1.58. The largest absolute Gasteiger partial charge is 0.496 e. The Morgan fingerprint density at radius 2 is 1.75 bits per heavy atom. The van der Waals surface area contributed by atoms with Gasteiger partial charge >= 0.3 is 0 Å². The molecule has 1 aliphatic rings. The van der Waals surface area contributed by atoms with Crippen LogP contribution in [0.1, 0.15) is 12.0 Å². The molecule has 8 nitrogen and oxygen atoms in total. The first-order valence-electron chi connectivity index (χ1n) is 11.4. The number of nitrogens with zero attached hydrogens (tertiary/aromatic N) is 1. The molecule has 1 fully saturated rings. The molecule has 36 heavy (non-hydrogen) atoms. The summed E-state index contributed by atoms with van der Waals surface area (Å²) < 4.78 is 23.8. The summed E-state index contributed by atoms with van der Waals surface area (Å²) in [6.45, 7) is 0.360. The maximum Gasteiger partial charge on any atom is 0.262 e. The van der Waals surface area contributed by atoms with Crippen molar-refractivity contribution in [2.45, 2.75) is 13.0 Å². The van der Waals surface area contributed by atoms with E-state index in [4.69, 9.17) is 9.47 Å². The second-order valence-corrected chi connectivity index (χ2v) is 8.27. The maximum atomic E-state index is 13.0. The summed E-state index contributed by atoms with van der Waals surface area (Å²) in [5, 5.41) is 5.51. The molecular formula is C27H26FN3O5. The number of ether oxygens (including phenoxy) is 2. The molecule has 186 valence electrons. The lowest BCUT2D eigenvalue weighted by atomic mass is 10.1. The number of anilines is 2. The quantitative estimate of drug-likeness (QED) is 0.478. The molecule has 0 radical (unpaired) electrons. The van der Waals surface area contributed by atoms with Gasteiger partial charge in [0.05, 0.1) is 13.0 Å². The van der Waals surface area contributed by atoms with Crippen molar-refractivity contribution in [1.29, 1.82) is 0 Å². The van der Waals surface area contributed by atoms with E-state index >= 15 is 0 Å². The van der Waals surface area contributed by atoms with E-state index in [0.29, 0.717) is 29.4 Å². The Labute approximate surface area is 208 Å². The molecule has 1 aliphatic heterocycles. The smallest absolute Gasteiger partial charge is 0.262 e. The fourth-order valence-electron chi connectivity index (χ4n) is 3.91. The maximum absolute atomic E-state index is 13.0. The molecule has 0 aliphatic carbocycles. The summed E-state index contributed by atoms with van der Waals surface area (Å²) in [6, 6.07) is 19.6. The minimum atomic E-state index is -0.460. The number of para-hydroxylation sites is 1. The van der Waals surface area contributed by atoms with Crippen LogP contribution in [0.25, 0.3) is 0 Å². The van der Waals surface area contributed by atoms with Gasteiger partial charge in [0.15, 0.2) is 6.61 Å². The van der Waals surface area contributed by atoms with E-state index in [1.165, 1.54) is 24.3 Å². The number of carbonyl (C=O) groups excluding carboxylic acids is 3. The molecule has 3 aromatic carbocycles. The zero-order chi connectivity index (χ0) is 25.5. The highest BCUT2D eigenvalue weighted by Crippen LogP contribution is 2.27. The van der Waals surface area contributed by atoms with Crippen LogP contribution in [0, 0.1) is 11.7 Å². The molecule has 9 heteroatoms. The van der Waals surface area contributed by atoms with Gasteiger partial charge in [-0.05, 0) is 54.6 Å². The van der Waals surface area contributed by atoms with E-state index in [0.717, 1.165) is 5.56 Å². The zero-order valence-electron chi connectivity index (χ0n) is 19.7. The molecular weight excluding hydrogens is 465 g/mol. The van der Waals surface area contributed by atoms with E-state index in [1.807, 2.05) is 24.3 Å². The van der Waals surface area contributed by atoms with Crippen LogP contribution in [-0.4, -0.2) is 38.0 Å². The summed E-state index contributed by atoms with van der Waals surface area (Å²) in [5.41, 5.74) is 1.97. The van der Waals surface area contributed by atoms with Gasteiger partial charge < -0.3 is 25.0 Å². The summed E-state index contributed by atoms with van der Waals surface area (Å²) >= 11 is 0. The molecule has 3 amide bonds. The van der Waals surface area contributed by atoms with Gasteiger partial charge in [-0.3, -0.25) is 14.4 Å². The van der Waals surface area contributed by atoms with Gasteiger partial charge in [-0.2, -0.15) is 0 Å². The topological polar surface area (TPSA) is 97.0 Å². The van der Waals surface area contributed by atoms with Gasteiger partial charge in [0, 0.05) is 36.4 Å². The number of amides is 3. The first-order valence-corrected chi connectivity index (χ1v) is 11.4. The van der Waals surface area contributed by atoms with E-state index in [1.54, 1.807) is 36.3 Å². The van der Waals surface area contributed by atoms with E-state index in [2.05, 4.69) is 10.6 Å². The molecule has 1 atom stereocenters. The number of carbonyl (C=O) groups is 3. The van der Waals surface area contributed by atoms with Crippen LogP contribution in [0.4, 0.5) is 15.8 Å². The van der Waals surface area contributed by atoms with Gasteiger partial charge in [0.25, 0.3) is 5.91 Å². The number of nitrogens with one attached hydrogen (secondary N) is 2. The minimum Gasteiger partial charge on any atom is -0.496 e. The Hall–Kier alpha value is -4.40. The van der Waals surface area contributed by atoms with E-state index in [-0.39, 0.29) is 43.1 Å². The Morgan fingerprint density at radius 3 is 2.47 bits per heavy atom. The average molecular weight is 492 g/mol. The monoisotopic (exact) mass is 491 g/mol. The van der Waals surface area contributed by atoms with Crippen molar-refractivity contribution in [2.75, 3.05) is 30.5 Å². The molecule has 0 bridgehead atoms. The van der Waals surface area contributed by atoms with Crippen LogP contribution in [-0.2, 0) is 20.9 Å². The van der Waals surface area contributed by atoms with Crippen molar-refractivity contribution in [2.24, 2.45) is 5.92 Å². The van der Waals surface area contributed by atoms with Gasteiger partial charge in [0.1, 0.15) is 17.3 Å². The molecule has 3 aromatic rings. The molecule has 2 N–H and O–H groups in total. The normalized spacial score (nSPS) is 14.9. The fraction of sp³-hybridized carbons (Fsp3) is 0.222. The van der Waals surface area contributed by atoms with E-state index < -0.39 is 5.92 Å². The Bertz CT molecular complexity index is 1230. The second kappa shape index (κ2) is 11.4. The zero-order valence-corrected chi connectivity index (χ0v) is 19.7. The highest BCUT2D eigenvalue weighted by atomic mass is 19.1. The molecule has 0 unspecified atom stereocenters. The predicted molar refractivity (Wildman–Crippen MR) is 132 cm³/mol. The van der Waals surface area contributed by atoms with Crippen molar-refractivity contribution in [3.63, 3.8) is 0 Å². The second-order valence-electron chi connectivity index (χ2n) is 8.27. The van der Waals surface area contributed by atoms with Gasteiger partial charge in [-0.1, -0.05) is 18.2 Å². The molecule has 0 saturated carbocycles. The Morgan fingerprint density at radius 1 is 1.03 bits per heavy atom. The SMILES string of the molecule is COc1ccccc1CNC(=O)[C@H]1CC(=O)N(c2ccc(OCC(=O)Nc3ccc(F)cc3)cc2)C1. The minimum absolute atomic E-state index is 0.125. The van der Waals surface area contributed by atoms with Crippen molar-refractivity contribution >= 4 is 29.1 Å². The van der Waals surface area contributed by atoms with Crippen LogP contribution in [0.3, 0.4) is 0 Å². The number of hydrogen-bond acceptors (Lipinski definition) is 5. The number of hydrogen-bond donors (Lipinski definition) is 2. The summed E-state index contributed by atoms with van der Waals surface area (Å²) in [5.74, 6) is -0.423. The Kier molecular flexibility index (Phi) is 7.79. The molecule has 1 saturated heterocycles. The first kappa shape index (κ1) is 24.7. The van der Waals surface area contributed by atoms with Crippen LogP contribution in [0.15, 0.2) is 72.8 Å². The number of benzene rings is 3. The third-order valence-electron chi connectivity index (χ3n) is 5.79. The predicted octanol–water partition coefficient (Wildman–Crippen LogP) is 3.52. The lowest BCUT2D eigenvalue weighted by Crippen LogP contribution is -2.32. The highest BCUT2D eigenvalue weighted by molar-refractivity contribution is 6.00. The summed E-state index contributed by atoms with van der Waals surface area (Å²) in [6.07, 6.45) is 0.125. The Balaban J connectivity index is 1.27. The van der Waals surface area contributed by atoms with Crippen LogP contribution in [0.2, 0.25) is 0 Å². The lowest BCUT2D eigenvalue weighted by molar-refractivity contribution is -0.126. The van der Waals surface area contributed by atoms with Gasteiger partial charge in [-0.15, -0.1) is 0 Å². The van der Waals surface area contributed by atoms with Crippen molar-refractivity contribution in [3.8, 4) is 11.5 Å². The number of halogens is 1. The molecule has 4 rings (SSSR count). The summed E-state index contributed by atoms with van der Waals surface area (Å²) in [4.78, 5) is 38.9. The van der Waals surface area contributed by atoms with Crippen molar-refractivity contribution < 1.29 is 28.2 Å². The number of rotatable bonds is 9. The van der Waals surface area contributed by atoms with Crippen LogP contribution < -0.4 is 25.0 Å². The first-order chi connectivity index (χ1) is 17.4. The van der Waals surface area contributed by atoms with E-state index in [9.17, 15) is 18.8 Å². The van der Waals surface area contributed by atoms with Crippen LogP contribution in [0.5, 0.6) is 11.5 Å². The highest BCUT2D eigenvalue weighted by Gasteiger charge is 2.35. The standard InChI is InChI=1S/C27H26FN3O5/c1-35-24-5-3-2-4-18(24)15-29-27(34)19-14-26(33)31(16-19)22-10-12-23(13-11-22)36-17-25(32)30-21-8-6-20(28)7-9-21/h2-13,19H,14-17H2,1H3,(H,29,34)(H,30,32)/t19-/m0/s1. The average Bonchev–Trinajstić information content (AvgIpc) is 3.29. The lowest BCUT2D eigenvalue weighted by Gasteiger charge is -2.17.